The van der Waals surface area contributed by atoms with Crippen molar-refractivity contribution in [2.24, 2.45) is 0 Å². The zero-order valence-corrected chi connectivity index (χ0v) is 13.5. The number of nitrogens with one attached hydrogen (secondary N) is 1. The fourth-order valence-corrected chi connectivity index (χ4v) is 2.57. The van der Waals surface area contributed by atoms with Gasteiger partial charge in [0, 0.05) is 30.9 Å². The molecule has 2 rings (SSSR count). The van der Waals surface area contributed by atoms with E-state index in [0.29, 0.717) is 0 Å². The van der Waals surface area contributed by atoms with Gasteiger partial charge in [-0.3, -0.25) is 0 Å². The molecule has 1 fully saturated rings. The molecule has 3 nitrogen and oxygen atoms in total. The predicted molar refractivity (Wildman–Crippen MR) is 86.3 cm³/mol. The van der Waals surface area contributed by atoms with Crippen molar-refractivity contribution >= 4 is 5.82 Å². The molecule has 0 aromatic carbocycles. The van der Waals surface area contributed by atoms with Crippen LogP contribution in [-0.2, 0) is 13.0 Å². The quantitative estimate of drug-likeness (QED) is 0.911. The molecular weight excluding hydrogens is 246 g/mol. The Balaban J connectivity index is 2.15. The van der Waals surface area contributed by atoms with Crippen molar-refractivity contribution in [1.29, 1.82) is 0 Å². The summed E-state index contributed by atoms with van der Waals surface area (Å²) in [6, 6.07) is 4.51. The molecular formula is C17H29N3. The average Bonchev–Trinajstić information content (AvgIpc) is 2.45. The van der Waals surface area contributed by atoms with E-state index in [9.17, 15) is 0 Å². The number of piperidine rings is 1. The van der Waals surface area contributed by atoms with Gasteiger partial charge in [0.2, 0.25) is 0 Å². The number of hydrogen-bond acceptors (Lipinski definition) is 3. The highest BCUT2D eigenvalue weighted by Gasteiger charge is 2.14. The van der Waals surface area contributed by atoms with E-state index in [-0.39, 0.29) is 5.54 Å². The number of aryl methyl sites for hydroxylation is 1. The molecule has 1 aromatic rings. The van der Waals surface area contributed by atoms with Crippen LogP contribution in [0.25, 0.3) is 0 Å². The van der Waals surface area contributed by atoms with Crippen LogP contribution < -0.4 is 10.2 Å². The van der Waals surface area contributed by atoms with Crippen molar-refractivity contribution in [1.82, 2.24) is 10.3 Å². The topological polar surface area (TPSA) is 28.2 Å². The molecule has 0 aliphatic carbocycles. The van der Waals surface area contributed by atoms with Gasteiger partial charge in [-0.15, -0.1) is 0 Å². The van der Waals surface area contributed by atoms with Crippen LogP contribution in [0.5, 0.6) is 0 Å². The van der Waals surface area contributed by atoms with Gasteiger partial charge >= 0.3 is 0 Å². The second kappa shape index (κ2) is 6.57. The maximum Gasteiger partial charge on any atom is 0.129 e. The number of anilines is 1. The molecule has 1 saturated heterocycles. The first kappa shape index (κ1) is 15.3. The van der Waals surface area contributed by atoms with E-state index >= 15 is 0 Å². The summed E-state index contributed by atoms with van der Waals surface area (Å²) in [5.74, 6) is 1.18. The lowest BCUT2D eigenvalue weighted by atomic mass is 10.1. The molecule has 0 radical (unpaired) electrons. The van der Waals surface area contributed by atoms with Gasteiger partial charge in [0.05, 0.1) is 0 Å². The Labute approximate surface area is 123 Å². The normalized spacial score (nSPS) is 16.5. The van der Waals surface area contributed by atoms with Crippen molar-refractivity contribution in [3.8, 4) is 0 Å². The van der Waals surface area contributed by atoms with Crippen LogP contribution in [0.1, 0.15) is 58.2 Å². The molecule has 1 aromatic heterocycles. The summed E-state index contributed by atoms with van der Waals surface area (Å²) in [5, 5.41) is 3.57. The number of nitrogens with zero attached hydrogens (tertiary/aromatic N) is 2. The van der Waals surface area contributed by atoms with Crippen molar-refractivity contribution in [2.45, 2.75) is 65.5 Å². The van der Waals surface area contributed by atoms with Crippen molar-refractivity contribution < 1.29 is 0 Å². The van der Waals surface area contributed by atoms with Gasteiger partial charge in [-0.25, -0.2) is 4.98 Å². The summed E-state index contributed by atoms with van der Waals surface area (Å²) in [5.41, 5.74) is 2.71. The maximum atomic E-state index is 4.82. The second-order valence-electron chi connectivity index (χ2n) is 6.83. The lowest BCUT2D eigenvalue weighted by molar-refractivity contribution is 0.424. The average molecular weight is 275 g/mol. The first-order valence-corrected chi connectivity index (χ1v) is 7.98. The third-order valence-electron chi connectivity index (χ3n) is 3.79. The Hall–Kier alpha value is -1.09. The summed E-state index contributed by atoms with van der Waals surface area (Å²) in [6.07, 6.45) is 4.97. The summed E-state index contributed by atoms with van der Waals surface area (Å²) in [6.45, 7) is 12.0. The van der Waals surface area contributed by atoms with E-state index in [4.69, 9.17) is 4.98 Å². The fourth-order valence-electron chi connectivity index (χ4n) is 2.57. The molecule has 1 aliphatic rings. The fraction of sp³-hybridized carbons (Fsp3) is 0.706. The highest BCUT2D eigenvalue weighted by Crippen LogP contribution is 2.20. The lowest BCUT2D eigenvalue weighted by Gasteiger charge is -2.29. The number of rotatable bonds is 4. The lowest BCUT2D eigenvalue weighted by Crippen LogP contribution is -2.35. The Bertz CT molecular complexity index is 428. The highest BCUT2D eigenvalue weighted by atomic mass is 15.2. The molecule has 2 heterocycles. The standard InChI is InChI=1S/C17H29N3/c1-5-15-11-14(13-18-17(2,3)4)12-16(19-15)20-9-7-6-8-10-20/h11-12,18H,5-10,13H2,1-4H3. The van der Waals surface area contributed by atoms with Gasteiger partial charge in [0.25, 0.3) is 0 Å². The molecule has 20 heavy (non-hydrogen) atoms. The smallest absolute Gasteiger partial charge is 0.129 e. The Morgan fingerprint density at radius 1 is 1.15 bits per heavy atom. The molecule has 112 valence electrons. The first-order chi connectivity index (χ1) is 9.48. The van der Waals surface area contributed by atoms with Gasteiger partial charge in [-0.1, -0.05) is 6.92 Å². The van der Waals surface area contributed by atoms with Crippen LogP contribution in [0.15, 0.2) is 12.1 Å². The maximum absolute atomic E-state index is 4.82. The molecule has 0 amide bonds. The minimum absolute atomic E-state index is 0.154. The SMILES string of the molecule is CCc1cc(CNC(C)(C)C)cc(N2CCCCC2)n1. The number of aromatic nitrogens is 1. The van der Waals surface area contributed by atoms with Gasteiger partial charge < -0.3 is 10.2 Å². The zero-order chi connectivity index (χ0) is 14.6. The third kappa shape index (κ3) is 4.48. The molecule has 0 unspecified atom stereocenters. The molecule has 1 N–H and O–H groups in total. The summed E-state index contributed by atoms with van der Waals surface area (Å²) in [4.78, 5) is 7.27. The van der Waals surface area contributed by atoms with Crippen molar-refractivity contribution in [3.63, 3.8) is 0 Å². The van der Waals surface area contributed by atoms with E-state index in [1.807, 2.05) is 0 Å². The minimum atomic E-state index is 0.154. The van der Waals surface area contributed by atoms with E-state index in [1.54, 1.807) is 0 Å². The third-order valence-corrected chi connectivity index (χ3v) is 3.79. The first-order valence-electron chi connectivity index (χ1n) is 7.98. The molecule has 0 saturated carbocycles. The summed E-state index contributed by atoms with van der Waals surface area (Å²) in [7, 11) is 0. The van der Waals surface area contributed by atoms with Gasteiger partial charge in [-0.05, 0) is 64.2 Å². The monoisotopic (exact) mass is 275 g/mol. The number of hydrogen-bond donors (Lipinski definition) is 1. The molecule has 3 heteroatoms. The van der Waals surface area contributed by atoms with E-state index in [2.05, 4.69) is 50.0 Å². The summed E-state index contributed by atoms with van der Waals surface area (Å²) < 4.78 is 0. The van der Waals surface area contributed by atoms with Crippen molar-refractivity contribution in [2.75, 3.05) is 18.0 Å². The van der Waals surface area contributed by atoms with Crippen molar-refractivity contribution in [3.05, 3.63) is 23.4 Å². The van der Waals surface area contributed by atoms with E-state index < -0.39 is 0 Å². The zero-order valence-electron chi connectivity index (χ0n) is 13.5. The predicted octanol–water partition coefficient (Wildman–Crippen LogP) is 3.52. The molecule has 1 aliphatic heterocycles. The minimum Gasteiger partial charge on any atom is -0.357 e. The van der Waals surface area contributed by atoms with Gasteiger partial charge in [0.1, 0.15) is 5.82 Å². The van der Waals surface area contributed by atoms with Crippen LogP contribution in [0.4, 0.5) is 5.82 Å². The van der Waals surface area contributed by atoms with Crippen LogP contribution in [-0.4, -0.2) is 23.6 Å². The second-order valence-corrected chi connectivity index (χ2v) is 6.83. The van der Waals surface area contributed by atoms with Crippen LogP contribution in [0.3, 0.4) is 0 Å². The molecule has 0 spiro atoms. The molecule has 0 atom stereocenters. The highest BCUT2D eigenvalue weighted by molar-refractivity contribution is 5.43. The molecule has 0 bridgehead atoms. The van der Waals surface area contributed by atoms with Crippen LogP contribution >= 0.6 is 0 Å². The van der Waals surface area contributed by atoms with E-state index in [0.717, 1.165) is 26.1 Å². The van der Waals surface area contributed by atoms with E-state index in [1.165, 1.54) is 36.3 Å². The largest absolute Gasteiger partial charge is 0.357 e. The van der Waals surface area contributed by atoms with Gasteiger partial charge in [0.15, 0.2) is 0 Å². The van der Waals surface area contributed by atoms with Crippen LogP contribution in [0.2, 0.25) is 0 Å². The Morgan fingerprint density at radius 3 is 2.45 bits per heavy atom. The Morgan fingerprint density at radius 2 is 1.85 bits per heavy atom. The Kier molecular flexibility index (Phi) is 5.03. The summed E-state index contributed by atoms with van der Waals surface area (Å²) >= 11 is 0. The van der Waals surface area contributed by atoms with Gasteiger partial charge in [-0.2, -0.15) is 0 Å². The van der Waals surface area contributed by atoms with Crippen LogP contribution in [0, 0.1) is 0 Å². The number of pyridine rings is 1.